The molecular formula is C19H27N7. The van der Waals surface area contributed by atoms with Crippen LogP contribution in [-0.4, -0.2) is 55.8 Å². The van der Waals surface area contributed by atoms with Crippen molar-refractivity contribution in [1.82, 2.24) is 29.6 Å². The molecule has 3 heterocycles. The Kier molecular flexibility index (Phi) is 4.91. The molecule has 0 bridgehead atoms. The molecule has 0 aromatic carbocycles. The monoisotopic (exact) mass is 353 g/mol. The number of nitrogens with zero attached hydrogens (tertiary/aromatic N) is 6. The van der Waals surface area contributed by atoms with Crippen LogP contribution in [0.25, 0.3) is 22.3 Å². The first-order valence-electron chi connectivity index (χ1n) is 8.80. The van der Waals surface area contributed by atoms with Gasteiger partial charge in [-0.15, -0.1) is 0 Å². The topological polar surface area (TPSA) is 71.8 Å². The summed E-state index contributed by atoms with van der Waals surface area (Å²) in [6.07, 6.45) is 6.51. The molecule has 0 aliphatic rings. The predicted octanol–water partition coefficient (Wildman–Crippen LogP) is 2.88. The molecule has 0 unspecified atom stereocenters. The minimum Gasteiger partial charge on any atom is -0.365 e. The summed E-state index contributed by atoms with van der Waals surface area (Å²) in [5.41, 5.74) is 2.57. The van der Waals surface area contributed by atoms with E-state index in [4.69, 9.17) is 9.97 Å². The first kappa shape index (κ1) is 18.3. The quantitative estimate of drug-likeness (QED) is 0.735. The number of rotatable bonds is 6. The third-order valence-corrected chi connectivity index (χ3v) is 4.39. The summed E-state index contributed by atoms with van der Waals surface area (Å²) < 4.78 is 1.79. The van der Waals surface area contributed by atoms with Crippen LogP contribution in [0.5, 0.6) is 0 Å². The van der Waals surface area contributed by atoms with Crippen molar-refractivity contribution in [2.24, 2.45) is 7.05 Å². The van der Waals surface area contributed by atoms with Gasteiger partial charge in [-0.05, 0) is 53.9 Å². The van der Waals surface area contributed by atoms with Crippen molar-refractivity contribution in [3.8, 4) is 11.4 Å². The van der Waals surface area contributed by atoms with Crippen LogP contribution in [0.3, 0.4) is 0 Å². The maximum absolute atomic E-state index is 4.84. The predicted molar refractivity (Wildman–Crippen MR) is 105 cm³/mol. The maximum Gasteiger partial charge on any atom is 0.165 e. The van der Waals surface area contributed by atoms with Crippen molar-refractivity contribution in [3.63, 3.8) is 0 Å². The van der Waals surface area contributed by atoms with Crippen molar-refractivity contribution in [2.75, 3.05) is 26.0 Å². The fraction of sp³-hybridized carbons (Fsp3) is 0.474. The average Bonchev–Trinajstić information content (AvgIpc) is 2.91. The number of nitrogens with one attached hydrogen (secondary N) is 1. The highest BCUT2D eigenvalue weighted by Crippen LogP contribution is 2.28. The number of pyridine rings is 1. The lowest BCUT2D eigenvalue weighted by molar-refractivity contribution is 0.356. The van der Waals surface area contributed by atoms with E-state index in [0.717, 1.165) is 40.9 Å². The van der Waals surface area contributed by atoms with Gasteiger partial charge >= 0.3 is 0 Å². The Morgan fingerprint density at radius 3 is 2.65 bits per heavy atom. The summed E-state index contributed by atoms with van der Waals surface area (Å²) in [6.45, 7) is 7.36. The van der Waals surface area contributed by atoms with Gasteiger partial charge in [0.05, 0.1) is 23.0 Å². The van der Waals surface area contributed by atoms with Gasteiger partial charge in [0.25, 0.3) is 0 Å². The Morgan fingerprint density at radius 1 is 1.23 bits per heavy atom. The molecule has 0 aliphatic carbocycles. The molecule has 0 saturated carbocycles. The Balaban J connectivity index is 2.04. The molecule has 0 saturated heterocycles. The molecule has 0 aliphatic heterocycles. The van der Waals surface area contributed by atoms with E-state index in [-0.39, 0.29) is 5.54 Å². The van der Waals surface area contributed by atoms with Gasteiger partial charge in [0, 0.05) is 30.4 Å². The van der Waals surface area contributed by atoms with Crippen LogP contribution >= 0.6 is 0 Å². The van der Waals surface area contributed by atoms with E-state index >= 15 is 0 Å². The van der Waals surface area contributed by atoms with Crippen LogP contribution in [-0.2, 0) is 7.05 Å². The maximum atomic E-state index is 4.84. The summed E-state index contributed by atoms with van der Waals surface area (Å²) in [5.74, 6) is 1.50. The van der Waals surface area contributed by atoms with Gasteiger partial charge in [0.15, 0.2) is 5.82 Å². The highest BCUT2D eigenvalue weighted by Gasteiger charge is 2.21. The van der Waals surface area contributed by atoms with Crippen LogP contribution in [0.1, 0.15) is 26.0 Å². The Hall–Kier alpha value is -2.54. The standard InChI is InChI=1S/C19H27N7/c1-13-15(12-26(6)24-13)17-21-16-11-20-9-7-14(16)18(22-17)23-19(2,3)8-10-25(4)5/h7,9,11-12H,8,10H2,1-6H3,(H,21,22,23). The first-order chi connectivity index (χ1) is 12.2. The van der Waals surface area contributed by atoms with Crippen molar-refractivity contribution in [3.05, 3.63) is 30.4 Å². The Morgan fingerprint density at radius 2 is 2.00 bits per heavy atom. The van der Waals surface area contributed by atoms with Gasteiger partial charge in [0.1, 0.15) is 5.82 Å². The highest BCUT2D eigenvalue weighted by atomic mass is 15.3. The molecule has 0 amide bonds. The lowest BCUT2D eigenvalue weighted by atomic mass is 10.00. The molecule has 0 fully saturated rings. The van der Waals surface area contributed by atoms with Crippen molar-refractivity contribution < 1.29 is 0 Å². The second-order valence-corrected chi connectivity index (χ2v) is 7.65. The number of fused-ring (bicyclic) bond motifs is 1. The molecule has 1 N–H and O–H groups in total. The Bertz CT molecular complexity index is 911. The SMILES string of the molecule is Cc1nn(C)cc1-c1nc(NC(C)(C)CCN(C)C)c2ccncc2n1. The van der Waals surface area contributed by atoms with Gasteiger partial charge in [-0.1, -0.05) is 0 Å². The summed E-state index contributed by atoms with van der Waals surface area (Å²) in [7, 11) is 6.08. The summed E-state index contributed by atoms with van der Waals surface area (Å²) in [5, 5.41) is 9.01. The normalized spacial score (nSPS) is 12.1. The van der Waals surface area contributed by atoms with Crippen LogP contribution in [0.2, 0.25) is 0 Å². The molecule has 26 heavy (non-hydrogen) atoms. The van der Waals surface area contributed by atoms with Crippen molar-refractivity contribution >= 4 is 16.7 Å². The molecule has 3 aromatic rings. The molecule has 7 heteroatoms. The Labute approximate surface area is 154 Å². The van der Waals surface area contributed by atoms with Crippen LogP contribution in [0, 0.1) is 6.92 Å². The van der Waals surface area contributed by atoms with E-state index in [0.29, 0.717) is 5.82 Å². The number of aromatic nitrogens is 5. The van der Waals surface area contributed by atoms with Crippen molar-refractivity contribution in [2.45, 2.75) is 32.7 Å². The lowest BCUT2D eigenvalue weighted by Gasteiger charge is -2.29. The van der Waals surface area contributed by atoms with E-state index in [1.807, 2.05) is 26.2 Å². The van der Waals surface area contributed by atoms with E-state index in [9.17, 15) is 0 Å². The number of hydrogen-bond donors (Lipinski definition) is 1. The molecule has 0 spiro atoms. The van der Waals surface area contributed by atoms with E-state index in [1.54, 1.807) is 17.1 Å². The van der Waals surface area contributed by atoms with E-state index in [1.165, 1.54) is 0 Å². The average molecular weight is 353 g/mol. The molecule has 0 radical (unpaired) electrons. The van der Waals surface area contributed by atoms with Gasteiger partial charge in [-0.3, -0.25) is 9.67 Å². The molecule has 3 aromatic heterocycles. The number of aryl methyl sites for hydroxylation is 2. The highest BCUT2D eigenvalue weighted by molar-refractivity contribution is 5.90. The zero-order chi connectivity index (χ0) is 18.9. The largest absolute Gasteiger partial charge is 0.365 e. The molecule has 0 atom stereocenters. The number of anilines is 1. The summed E-state index contributed by atoms with van der Waals surface area (Å²) in [6, 6.07) is 1.96. The molecule has 138 valence electrons. The summed E-state index contributed by atoms with van der Waals surface area (Å²) in [4.78, 5) is 16.0. The van der Waals surface area contributed by atoms with Crippen LogP contribution in [0.4, 0.5) is 5.82 Å². The lowest BCUT2D eigenvalue weighted by Crippen LogP contribution is -2.35. The third-order valence-electron chi connectivity index (χ3n) is 4.39. The number of hydrogen-bond acceptors (Lipinski definition) is 6. The second-order valence-electron chi connectivity index (χ2n) is 7.65. The van der Waals surface area contributed by atoms with Gasteiger partial charge in [0.2, 0.25) is 0 Å². The minimum atomic E-state index is -0.101. The molecule has 7 nitrogen and oxygen atoms in total. The first-order valence-corrected chi connectivity index (χ1v) is 8.80. The van der Waals surface area contributed by atoms with Crippen molar-refractivity contribution in [1.29, 1.82) is 0 Å². The van der Waals surface area contributed by atoms with Gasteiger partial charge in [-0.25, -0.2) is 9.97 Å². The van der Waals surface area contributed by atoms with Crippen LogP contribution < -0.4 is 5.32 Å². The zero-order valence-corrected chi connectivity index (χ0v) is 16.4. The van der Waals surface area contributed by atoms with Gasteiger partial charge in [-0.2, -0.15) is 5.10 Å². The molecule has 3 rings (SSSR count). The second kappa shape index (κ2) is 6.99. The minimum absolute atomic E-state index is 0.101. The third kappa shape index (κ3) is 3.99. The fourth-order valence-corrected chi connectivity index (χ4v) is 2.90. The van der Waals surface area contributed by atoms with E-state index in [2.05, 4.69) is 48.2 Å². The van der Waals surface area contributed by atoms with Gasteiger partial charge < -0.3 is 10.2 Å². The zero-order valence-electron chi connectivity index (χ0n) is 16.4. The smallest absolute Gasteiger partial charge is 0.165 e. The van der Waals surface area contributed by atoms with E-state index < -0.39 is 0 Å². The summed E-state index contributed by atoms with van der Waals surface area (Å²) >= 11 is 0. The van der Waals surface area contributed by atoms with Crippen LogP contribution in [0.15, 0.2) is 24.7 Å². The fourth-order valence-electron chi connectivity index (χ4n) is 2.90. The molecular weight excluding hydrogens is 326 g/mol.